The standard InChI is InChI=1S/C28H31N3O3S/c1-3-4-5-6-7-11-18-34-23-16-14-22(19-24(23)33-2)20-25-27(32)31-28(35-25)29-26(30-31)17-15-21-12-9-8-10-13-21/h8-10,12-17,19-20H,3-7,11,18H2,1-2H3/b17-15+,25-20-. The summed E-state index contributed by atoms with van der Waals surface area (Å²) in [4.78, 5) is 17.9. The van der Waals surface area contributed by atoms with E-state index in [-0.39, 0.29) is 5.56 Å². The molecule has 0 aliphatic heterocycles. The first-order chi connectivity index (χ1) is 17.2. The largest absolute Gasteiger partial charge is 0.493 e. The summed E-state index contributed by atoms with van der Waals surface area (Å²) in [5.41, 5.74) is 1.73. The SMILES string of the molecule is CCCCCCCCOc1ccc(/C=c2\sc3nc(/C=C/c4ccccc4)nn3c2=O)cc1OC. The first-order valence-electron chi connectivity index (χ1n) is 12.1. The summed E-state index contributed by atoms with van der Waals surface area (Å²) in [5.74, 6) is 1.89. The first kappa shape index (κ1) is 24.7. The van der Waals surface area contributed by atoms with Crippen molar-refractivity contribution >= 4 is 34.5 Å². The van der Waals surface area contributed by atoms with E-state index in [1.807, 2.05) is 66.8 Å². The summed E-state index contributed by atoms with van der Waals surface area (Å²) < 4.78 is 13.4. The van der Waals surface area contributed by atoms with E-state index in [0.29, 0.717) is 27.7 Å². The molecule has 182 valence electrons. The van der Waals surface area contributed by atoms with Crippen LogP contribution in [0.25, 0.3) is 23.2 Å². The Morgan fingerprint density at radius 1 is 0.943 bits per heavy atom. The van der Waals surface area contributed by atoms with Gasteiger partial charge in [0, 0.05) is 0 Å². The van der Waals surface area contributed by atoms with Crippen molar-refractivity contribution in [2.24, 2.45) is 0 Å². The monoisotopic (exact) mass is 489 g/mol. The molecule has 0 amide bonds. The number of methoxy groups -OCH3 is 1. The van der Waals surface area contributed by atoms with Gasteiger partial charge in [-0.1, -0.05) is 92.8 Å². The van der Waals surface area contributed by atoms with Crippen LogP contribution in [-0.4, -0.2) is 28.3 Å². The maximum Gasteiger partial charge on any atom is 0.291 e. The summed E-state index contributed by atoms with van der Waals surface area (Å²) in [6.45, 7) is 2.90. The Morgan fingerprint density at radius 2 is 1.74 bits per heavy atom. The summed E-state index contributed by atoms with van der Waals surface area (Å²) in [5, 5.41) is 4.35. The Kier molecular flexibility index (Phi) is 8.68. The number of hydrogen-bond donors (Lipinski definition) is 0. The number of fused-ring (bicyclic) bond motifs is 1. The molecule has 0 bridgehead atoms. The first-order valence-corrected chi connectivity index (χ1v) is 12.9. The van der Waals surface area contributed by atoms with Crippen LogP contribution in [0.4, 0.5) is 0 Å². The highest BCUT2D eigenvalue weighted by Gasteiger charge is 2.10. The molecular weight excluding hydrogens is 458 g/mol. The molecule has 2 aromatic carbocycles. The summed E-state index contributed by atoms with van der Waals surface area (Å²) in [7, 11) is 1.63. The minimum absolute atomic E-state index is 0.181. The van der Waals surface area contributed by atoms with E-state index < -0.39 is 0 Å². The Balaban J connectivity index is 1.44. The second-order valence-electron chi connectivity index (χ2n) is 8.35. The second-order valence-corrected chi connectivity index (χ2v) is 9.36. The van der Waals surface area contributed by atoms with Crippen molar-refractivity contribution in [3.8, 4) is 11.5 Å². The number of thiazole rings is 1. The van der Waals surface area contributed by atoms with Gasteiger partial charge in [-0.25, -0.2) is 0 Å². The summed E-state index contributed by atoms with van der Waals surface area (Å²) in [6.07, 6.45) is 12.9. The van der Waals surface area contributed by atoms with Crippen LogP contribution in [0.2, 0.25) is 0 Å². The topological polar surface area (TPSA) is 65.7 Å². The lowest BCUT2D eigenvalue weighted by Gasteiger charge is -2.11. The van der Waals surface area contributed by atoms with Crippen LogP contribution in [0.1, 0.15) is 62.4 Å². The highest BCUT2D eigenvalue weighted by atomic mass is 32.1. The number of benzene rings is 2. The summed E-state index contributed by atoms with van der Waals surface area (Å²) >= 11 is 1.32. The van der Waals surface area contributed by atoms with Crippen LogP contribution in [-0.2, 0) is 0 Å². The van der Waals surface area contributed by atoms with Crippen LogP contribution in [0, 0.1) is 0 Å². The number of nitrogens with zero attached hydrogens (tertiary/aromatic N) is 3. The van der Waals surface area contributed by atoms with E-state index in [1.165, 1.54) is 48.0 Å². The molecule has 0 N–H and O–H groups in total. The average Bonchev–Trinajstić information content (AvgIpc) is 3.41. The minimum Gasteiger partial charge on any atom is -0.493 e. The lowest BCUT2D eigenvalue weighted by Crippen LogP contribution is -2.23. The minimum atomic E-state index is -0.181. The third kappa shape index (κ3) is 6.57. The third-order valence-corrected chi connectivity index (χ3v) is 6.62. The van der Waals surface area contributed by atoms with Crippen molar-refractivity contribution in [1.82, 2.24) is 14.6 Å². The quantitative estimate of drug-likeness (QED) is 0.242. The van der Waals surface area contributed by atoms with Crippen molar-refractivity contribution in [3.05, 3.63) is 80.4 Å². The Labute approximate surface area is 209 Å². The van der Waals surface area contributed by atoms with Crippen LogP contribution >= 0.6 is 11.3 Å². The predicted molar refractivity (Wildman–Crippen MR) is 143 cm³/mol. The fraction of sp³-hybridized carbons (Fsp3) is 0.321. The van der Waals surface area contributed by atoms with Gasteiger partial charge in [0.15, 0.2) is 17.3 Å². The van der Waals surface area contributed by atoms with Crippen molar-refractivity contribution in [1.29, 1.82) is 0 Å². The molecule has 2 aromatic heterocycles. The zero-order valence-electron chi connectivity index (χ0n) is 20.3. The lowest BCUT2D eigenvalue weighted by molar-refractivity contribution is 0.284. The lowest BCUT2D eigenvalue weighted by atomic mass is 10.1. The van der Waals surface area contributed by atoms with E-state index in [4.69, 9.17) is 9.47 Å². The molecule has 0 saturated heterocycles. The highest BCUT2D eigenvalue weighted by molar-refractivity contribution is 7.15. The zero-order chi connectivity index (χ0) is 24.5. The maximum atomic E-state index is 12.9. The summed E-state index contributed by atoms with van der Waals surface area (Å²) in [6, 6.07) is 15.6. The van der Waals surface area contributed by atoms with E-state index in [2.05, 4.69) is 17.0 Å². The van der Waals surface area contributed by atoms with Gasteiger partial charge in [-0.05, 0) is 41.8 Å². The molecule has 0 radical (unpaired) electrons. The van der Waals surface area contributed by atoms with Gasteiger partial charge in [0.1, 0.15) is 0 Å². The van der Waals surface area contributed by atoms with Gasteiger partial charge in [-0.15, -0.1) is 5.10 Å². The molecule has 35 heavy (non-hydrogen) atoms. The fourth-order valence-corrected chi connectivity index (χ4v) is 4.68. The maximum absolute atomic E-state index is 12.9. The van der Waals surface area contributed by atoms with E-state index in [1.54, 1.807) is 7.11 Å². The number of unbranched alkanes of at least 4 members (excludes halogenated alkanes) is 5. The molecule has 0 atom stereocenters. The Hall–Kier alpha value is -3.45. The van der Waals surface area contributed by atoms with Gasteiger partial charge >= 0.3 is 0 Å². The highest BCUT2D eigenvalue weighted by Crippen LogP contribution is 2.28. The van der Waals surface area contributed by atoms with Gasteiger partial charge in [0.25, 0.3) is 5.56 Å². The molecule has 7 heteroatoms. The van der Waals surface area contributed by atoms with Gasteiger partial charge in [0.2, 0.25) is 4.96 Å². The van der Waals surface area contributed by atoms with Crippen molar-refractivity contribution in [2.45, 2.75) is 45.4 Å². The molecule has 6 nitrogen and oxygen atoms in total. The normalized spacial score (nSPS) is 12.1. The van der Waals surface area contributed by atoms with E-state index in [9.17, 15) is 4.79 Å². The van der Waals surface area contributed by atoms with E-state index >= 15 is 0 Å². The zero-order valence-corrected chi connectivity index (χ0v) is 21.1. The van der Waals surface area contributed by atoms with Crippen molar-refractivity contribution in [3.63, 3.8) is 0 Å². The van der Waals surface area contributed by atoms with Crippen molar-refractivity contribution < 1.29 is 9.47 Å². The number of hydrogen-bond acceptors (Lipinski definition) is 6. The van der Waals surface area contributed by atoms with Crippen LogP contribution in [0.15, 0.2) is 53.3 Å². The number of aromatic nitrogens is 3. The van der Waals surface area contributed by atoms with Crippen LogP contribution in [0.5, 0.6) is 11.5 Å². The molecule has 0 spiro atoms. The number of rotatable bonds is 12. The third-order valence-electron chi connectivity index (χ3n) is 5.66. The molecule has 4 aromatic rings. The molecule has 0 aliphatic carbocycles. The molecular formula is C28H31N3O3S. The smallest absolute Gasteiger partial charge is 0.291 e. The molecule has 2 heterocycles. The van der Waals surface area contributed by atoms with Gasteiger partial charge in [-0.2, -0.15) is 9.50 Å². The van der Waals surface area contributed by atoms with Gasteiger partial charge in [-0.3, -0.25) is 4.79 Å². The number of ether oxygens (including phenoxy) is 2. The average molecular weight is 490 g/mol. The Bertz CT molecular complexity index is 1380. The fourth-order valence-electron chi connectivity index (χ4n) is 3.76. The molecule has 0 saturated carbocycles. The van der Waals surface area contributed by atoms with Crippen LogP contribution < -0.4 is 19.6 Å². The van der Waals surface area contributed by atoms with E-state index in [0.717, 1.165) is 23.3 Å². The van der Waals surface area contributed by atoms with Crippen LogP contribution in [0.3, 0.4) is 0 Å². The molecule has 0 fully saturated rings. The second kappa shape index (κ2) is 12.3. The Morgan fingerprint density at radius 3 is 2.51 bits per heavy atom. The molecule has 4 rings (SSSR count). The van der Waals surface area contributed by atoms with Gasteiger partial charge in [0.05, 0.1) is 18.2 Å². The predicted octanol–water partition coefficient (Wildman–Crippen LogP) is 5.62. The van der Waals surface area contributed by atoms with Crippen molar-refractivity contribution in [2.75, 3.05) is 13.7 Å². The molecule has 0 unspecified atom stereocenters. The molecule has 0 aliphatic rings. The van der Waals surface area contributed by atoms with Gasteiger partial charge < -0.3 is 9.47 Å².